The highest BCUT2D eigenvalue weighted by molar-refractivity contribution is 5.95. The Labute approximate surface area is 234 Å². The predicted molar refractivity (Wildman–Crippen MR) is 145 cm³/mol. The molecule has 4 unspecified atom stereocenters. The Bertz CT molecular complexity index is 1400. The minimum absolute atomic E-state index is 0.0251. The van der Waals surface area contributed by atoms with Gasteiger partial charge in [-0.3, -0.25) is 19.2 Å². The third-order valence-corrected chi connectivity index (χ3v) is 7.14. The van der Waals surface area contributed by atoms with Gasteiger partial charge in [0.25, 0.3) is 0 Å². The Kier molecular flexibility index (Phi) is 9.34. The summed E-state index contributed by atoms with van der Waals surface area (Å²) < 4.78 is 0. The van der Waals surface area contributed by atoms with Gasteiger partial charge in [0.1, 0.15) is 18.1 Å². The van der Waals surface area contributed by atoms with Gasteiger partial charge in [-0.15, -0.1) is 0 Å². The first kappa shape index (κ1) is 29.3. The maximum Gasteiger partial charge on any atom is 0.326 e. The minimum atomic E-state index is -1.25. The van der Waals surface area contributed by atoms with Gasteiger partial charge >= 0.3 is 11.9 Å². The summed E-state index contributed by atoms with van der Waals surface area (Å²) in [6, 6.07) is 2.90. The molecule has 14 nitrogen and oxygen atoms in total. The van der Waals surface area contributed by atoms with Crippen LogP contribution in [0.2, 0.25) is 0 Å². The number of fused-ring (bicyclic) bond motifs is 1. The monoisotopic (exact) mass is 567 g/mol. The number of rotatable bonds is 13. The molecule has 4 rings (SSSR count). The van der Waals surface area contributed by atoms with Crippen molar-refractivity contribution in [2.75, 3.05) is 6.54 Å². The van der Waals surface area contributed by atoms with Gasteiger partial charge in [0.2, 0.25) is 17.7 Å². The average Bonchev–Trinajstić information content (AvgIpc) is 3.71. The Morgan fingerprint density at radius 1 is 1.07 bits per heavy atom. The molecule has 1 aliphatic heterocycles. The van der Waals surface area contributed by atoms with Crippen LogP contribution in [-0.4, -0.2) is 90.4 Å². The molecule has 4 atom stereocenters. The molecule has 2 aromatic heterocycles. The van der Waals surface area contributed by atoms with E-state index in [2.05, 4.69) is 25.6 Å². The maximum atomic E-state index is 13.5. The Hall–Kier alpha value is -4.72. The summed E-state index contributed by atoms with van der Waals surface area (Å²) in [5.41, 5.74) is 8.16. The molecule has 0 bridgehead atoms. The van der Waals surface area contributed by atoms with Gasteiger partial charge in [-0.05, 0) is 30.9 Å². The quantitative estimate of drug-likeness (QED) is 0.146. The van der Waals surface area contributed by atoms with E-state index in [4.69, 9.17) is 5.73 Å². The smallest absolute Gasteiger partial charge is 0.326 e. The predicted octanol–water partition coefficient (Wildman–Crippen LogP) is -0.0865. The average molecular weight is 568 g/mol. The van der Waals surface area contributed by atoms with E-state index in [-0.39, 0.29) is 32.2 Å². The van der Waals surface area contributed by atoms with E-state index in [1.54, 1.807) is 6.20 Å². The number of aromatic amines is 2. The van der Waals surface area contributed by atoms with Crippen molar-refractivity contribution in [2.45, 2.75) is 62.7 Å². The topological polar surface area (TPSA) is 224 Å². The first-order valence-electron chi connectivity index (χ1n) is 13.3. The number of carboxylic acid groups (broad SMARTS) is 2. The number of carboxylic acids is 2. The number of benzene rings is 1. The fourth-order valence-corrected chi connectivity index (χ4v) is 5.02. The van der Waals surface area contributed by atoms with E-state index in [0.717, 1.165) is 16.5 Å². The molecule has 218 valence electrons. The summed E-state index contributed by atoms with van der Waals surface area (Å²) in [4.78, 5) is 74.0. The molecule has 1 aromatic carbocycles. The van der Waals surface area contributed by atoms with Crippen LogP contribution >= 0.6 is 0 Å². The molecule has 3 aromatic rings. The first-order valence-corrected chi connectivity index (χ1v) is 13.3. The minimum Gasteiger partial charge on any atom is -0.481 e. The lowest BCUT2D eigenvalue weighted by atomic mass is 10.0. The molecule has 0 spiro atoms. The van der Waals surface area contributed by atoms with E-state index in [9.17, 15) is 34.2 Å². The number of para-hydroxylation sites is 1. The normalized spacial score (nSPS) is 17.1. The van der Waals surface area contributed by atoms with Crippen molar-refractivity contribution < 1.29 is 34.2 Å². The molecular weight excluding hydrogens is 534 g/mol. The molecule has 1 saturated heterocycles. The molecule has 1 aliphatic rings. The van der Waals surface area contributed by atoms with E-state index in [1.165, 1.54) is 17.4 Å². The van der Waals surface area contributed by atoms with Gasteiger partial charge in [0.05, 0.1) is 12.4 Å². The number of nitrogens with zero attached hydrogens (tertiary/aromatic N) is 2. The second kappa shape index (κ2) is 13.1. The number of H-pyrrole nitrogens is 2. The second-order valence-electron chi connectivity index (χ2n) is 10.0. The van der Waals surface area contributed by atoms with Crippen LogP contribution < -0.4 is 16.4 Å². The SMILES string of the molecule is NC(Cc1cnc[nH]1)C(=O)NC(CCC(=O)O)C(=O)N1CCCC1C(=O)NC(Cc1c[nH]c2ccccc12)C(=O)O. The summed E-state index contributed by atoms with van der Waals surface area (Å²) in [5.74, 6) is -4.31. The van der Waals surface area contributed by atoms with Gasteiger partial charge < -0.3 is 41.4 Å². The largest absolute Gasteiger partial charge is 0.481 e. The zero-order valence-corrected chi connectivity index (χ0v) is 22.2. The van der Waals surface area contributed by atoms with E-state index in [1.807, 2.05) is 24.3 Å². The first-order chi connectivity index (χ1) is 19.6. The van der Waals surface area contributed by atoms with Crippen LogP contribution in [0.1, 0.15) is 36.9 Å². The summed E-state index contributed by atoms with van der Waals surface area (Å²) >= 11 is 0. The highest BCUT2D eigenvalue weighted by Gasteiger charge is 2.39. The number of hydrogen-bond donors (Lipinski definition) is 7. The molecule has 1 fully saturated rings. The summed E-state index contributed by atoms with van der Waals surface area (Å²) in [5, 5.41) is 25.0. The molecule has 0 radical (unpaired) electrons. The molecule has 41 heavy (non-hydrogen) atoms. The number of imidazole rings is 1. The number of nitrogens with one attached hydrogen (secondary N) is 4. The van der Waals surface area contributed by atoms with Gasteiger partial charge in [-0.1, -0.05) is 18.2 Å². The molecule has 3 heterocycles. The van der Waals surface area contributed by atoms with Crippen LogP contribution in [0.4, 0.5) is 0 Å². The van der Waals surface area contributed by atoms with Crippen LogP contribution in [0, 0.1) is 0 Å². The maximum absolute atomic E-state index is 13.5. The standard InChI is InChI=1S/C27H33N7O7/c28-18(11-16-13-29-14-31-16)24(37)32-20(7-8-23(35)36)26(39)34-9-3-6-22(34)25(38)33-21(27(40)41)10-15-12-30-19-5-2-1-4-17(15)19/h1-2,4-5,12-14,18,20-22,30H,3,6-11,28H2,(H,29,31)(H,32,37)(H,33,38)(H,35,36)(H,40,41). The fourth-order valence-electron chi connectivity index (χ4n) is 5.02. The summed E-state index contributed by atoms with van der Waals surface area (Å²) in [6.07, 6.45) is 4.95. The van der Waals surface area contributed by atoms with Gasteiger partial charge in [-0.2, -0.15) is 0 Å². The lowest BCUT2D eigenvalue weighted by Crippen LogP contribution is -2.57. The van der Waals surface area contributed by atoms with Crippen molar-refractivity contribution in [2.24, 2.45) is 5.73 Å². The zero-order chi connectivity index (χ0) is 29.5. The molecular formula is C27H33N7O7. The number of nitrogens with two attached hydrogens (primary N) is 1. The summed E-state index contributed by atoms with van der Waals surface area (Å²) in [6.45, 7) is 0.191. The van der Waals surface area contributed by atoms with Crippen molar-refractivity contribution >= 4 is 40.6 Å². The number of amides is 3. The molecule has 8 N–H and O–H groups in total. The molecule has 3 amide bonds. The van der Waals surface area contributed by atoms with Crippen LogP contribution in [0.25, 0.3) is 10.9 Å². The van der Waals surface area contributed by atoms with Crippen LogP contribution in [-0.2, 0) is 36.8 Å². The molecule has 0 saturated carbocycles. The number of likely N-dealkylation sites (tertiary alicyclic amines) is 1. The Morgan fingerprint density at radius 2 is 1.85 bits per heavy atom. The van der Waals surface area contributed by atoms with Crippen molar-refractivity contribution in [3.63, 3.8) is 0 Å². The number of aliphatic carboxylic acids is 2. The zero-order valence-electron chi connectivity index (χ0n) is 22.2. The van der Waals surface area contributed by atoms with Crippen molar-refractivity contribution in [1.82, 2.24) is 30.5 Å². The molecule has 14 heteroatoms. The van der Waals surface area contributed by atoms with Gasteiger partial charge in [0, 0.05) is 54.8 Å². The second-order valence-corrected chi connectivity index (χ2v) is 10.0. The van der Waals surface area contributed by atoms with E-state index < -0.39 is 60.2 Å². The van der Waals surface area contributed by atoms with Crippen LogP contribution in [0.15, 0.2) is 43.0 Å². The number of carbonyl (C=O) groups is 5. The number of hydrogen-bond acceptors (Lipinski definition) is 7. The van der Waals surface area contributed by atoms with E-state index >= 15 is 0 Å². The molecule has 0 aliphatic carbocycles. The third kappa shape index (κ3) is 7.28. The van der Waals surface area contributed by atoms with Gasteiger partial charge in [0.15, 0.2) is 0 Å². The Balaban J connectivity index is 1.44. The highest BCUT2D eigenvalue weighted by Crippen LogP contribution is 2.22. The third-order valence-electron chi connectivity index (χ3n) is 7.14. The lowest BCUT2D eigenvalue weighted by Gasteiger charge is -2.30. The van der Waals surface area contributed by atoms with Crippen molar-refractivity contribution in [3.05, 3.63) is 54.2 Å². The number of aromatic nitrogens is 3. The lowest BCUT2D eigenvalue weighted by molar-refractivity contribution is -0.145. The highest BCUT2D eigenvalue weighted by atomic mass is 16.4. The van der Waals surface area contributed by atoms with Gasteiger partial charge in [-0.25, -0.2) is 9.78 Å². The summed E-state index contributed by atoms with van der Waals surface area (Å²) in [7, 11) is 0. The van der Waals surface area contributed by atoms with Crippen molar-refractivity contribution in [3.8, 4) is 0 Å². The van der Waals surface area contributed by atoms with Crippen LogP contribution in [0.5, 0.6) is 0 Å². The number of carbonyl (C=O) groups excluding carboxylic acids is 3. The van der Waals surface area contributed by atoms with Crippen molar-refractivity contribution in [1.29, 1.82) is 0 Å². The Morgan fingerprint density at radius 3 is 2.56 bits per heavy atom. The van der Waals surface area contributed by atoms with E-state index in [0.29, 0.717) is 12.1 Å². The van der Waals surface area contributed by atoms with Crippen LogP contribution in [0.3, 0.4) is 0 Å². The fraction of sp³-hybridized carbons (Fsp3) is 0.407.